The Balaban J connectivity index is 1.10. The summed E-state index contributed by atoms with van der Waals surface area (Å²) >= 11 is 0. The topological polar surface area (TPSA) is 118 Å². The third-order valence-corrected chi connectivity index (χ3v) is 6.03. The van der Waals surface area contributed by atoms with E-state index in [-0.39, 0.29) is 30.7 Å². The fraction of sp³-hybridized carbons (Fsp3) is 0.296. The maximum absolute atomic E-state index is 12.2. The molecule has 0 aliphatic heterocycles. The maximum atomic E-state index is 12.2. The van der Waals surface area contributed by atoms with E-state index < -0.39 is 12.1 Å². The van der Waals surface area contributed by atoms with Crippen molar-refractivity contribution in [2.45, 2.75) is 38.1 Å². The van der Waals surface area contributed by atoms with E-state index in [0.717, 1.165) is 12.8 Å². The fourth-order valence-electron chi connectivity index (χ4n) is 4.29. The van der Waals surface area contributed by atoms with Gasteiger partial charge in [0, 0.05) is 18.9 Å². The van der Waals surface area contributed by atoms with Crippen LogP contribution in [0.5, 0.6) is 0 Å². The van der Waals surface area contributed by atoms with Crippen LogP contribution in [0.1, 0.15) is 59.0 Å². The molecule has 0 spiro atoms. The monoisotopic (exact) mass is 476 g/mol. The van der Waals surface area contributed by atoms with Gasteiger partial charge in [0.1, 0.15) is 12.4 Å². The van der Waals surface area contributed by atoms with Gasteiger partial charge in [-0.05, 0) is 47.2 Å². The van der Waals surface area contributed by atoms with Crippen LogP contribution in [0.3, 0.4) is 0 Å². The van der Waals surface area contributed by atoms with Gasteiger partial charge in [0.15, 0.2) is 0 Å². The molecule has 3 aromatic rings. The molecule has 4 rings (SSSR count). The number of aromatic carboxylic acids is 1. The molecular weight excluding hydrogens is 448 g/mol. The van der Waals surface area contributed by atoms with Crippen molar-refractivity contribution < 1.29 is 28.6 Å². The minimum absolute atomic E-state index is 0.0311. The molecule has 1 heterocycles. The summed E-state index contributed by atoms with van der Waals surface area (Å²) in [6, 6.07) is 19.3. The number of fused-ring (bicyclic) bond motifs is 3. The number of hydrogen-bond acceptors (Lipinski definition) is 5. The van der Waals surface area contributed by atoms with Crippen LogP contribution >= 0.6 is 0 Å². The van der Waals surface area contributed by atoms with E-state index in [0.29, 0.717) is 25.1 Å². The molecular formula is C27H28N2O6. The number of carboxylic acid groups (broad SMARTS) is 1. The number of rotatable bonds is 11. The number of amides is 2. The lowest BCUT2D eigenvalue weighted by Gasteiger charge is -2.14. The van der Waals surface area contributed by atoms with Crippen molar-refractivity contribution >= 4 is 18.0 Å². The number of alkyl carbamates (subject to hydrolysis) is 1. The molecule has 0 radical (unpaired) electrons. The molecule has 0 saturated heterocycles. The van der Waals surface area contributed by atoms with Crippen LogP contribution in [-0.4, -0.2) is 36.2 Å². The lowest BCUT2D eigenvalue weighted by molar-refractivity contribution is -0.121. The molecule has 8 heteroatoms. The van der Waals surface area contributed by atoms with E-state index in [9.17, 15) is 14.4 Å². The molecule has 0 saturated carbocycles. The van der Waals surface area contributed by atoms with E-state index in [1.165, 1.54) is 34.4 Å². The summed E-state index contributed by atoms with van der Waals surface area (Å²) in [5.41, 5.74) is 4.73. The molecule has 0 unspecified atom stereocenters. The SMILES string of the molecule is O=C(CCCCCNC(=O)OCC1c2ccccc2-c2ccccc21)NCc1ccc(C(=O)O)o1. The highest BCUT2D eigenvalue weighted by atomic mass is 16.5. The van der Waals surface area contributed by atoms with E-state index in [2.05, 4.69) is 34.9 Å². The van der Waals surface area contributed by atoms with Crippen molar-refractivity contribution in [1.29, 1.82) is 0 Å². The van der Waals surface area contributed by atoms with Gasteiger partial charge in [-0.3, -0.25) is 4.79 Å². The van der Waals surface area contributed by atoms with Crippen molar-refractivity contribution in [3.63, 3.8) is 0 Å². The highest BCUT2D eigenvalue weighted by molar-refractivity contribution is 5.84. The summed E-state index contributed by atoms with van der Waals surface area (Å²) < 4.78 is 10.6. The normalized spacial score (nSPS) is 12.0. The third-order valence-electron chi connectivity index (χ3n) is 6.03. The van der Waals surface area contributed by atoms with Gasteiger partial charge in [-0.15, -0.1) is 0 Å². The first-order valence-electron chi connectivity index (χ1n) is 11.7. The second kappa shape index (κ2) is 11.4. The fourth-order valence-corrected chi connectivity index (χ4v) is 4.29. The number of ether oxygens (including phenoxy) is 1. The Morgan fingerprint density at radius 1 is 0.857 bits per heavy atom. The molecule has 182 valence electrons. The summed E-state index contributed by atoms with van der Waals surface area (Å²) in [5.74, 6) is -1.01. The Bertz CT molecular complexity index is 1160. The lowest BCUT2D eigenvalue weighted by Crippen LogP contribution is -2.27. The highest BCUT2D eigenvalue weighted by Crippen LogP contribution is 2.44. The van der Waals surface area contributed by atoms with Gasteiger partial charge < -0.3 is 24.9 Å². The Hall–Kier alpha value is -4.07. The summed E-state index contributed by atoms with van der Waals surface area (Å²) in [7, 11) is 0. The van der Waals surface area contributed by atoms with Crippen LogP contribution in [0.15, 0.2) is 65.1 Å². The van der Waals surface area contributed by atoms with Crippen LogP contribution in [-0.2, 0) is 16.1 Å². The van der Waals surface area contributed by atoms with E-state index in [1.807, 2.05) is 24.3 Å². The van der Waals surface area contributed by atoms with Crippen molar-refractivity contribution in [3.05, 3.63) is 83.3 Å². The standard InChI is InChI=1S/C27H28N2O6/c30-25(29-16-18-13-14-24(35-18)26(31)32)12-2-1-7-15-28-27(33)34-17-23-21-10-5-3-8-19(21)20-9-4-6-11-22(20)23/h3-6,8-11,13-14,23H,1-2,7,12,15-17H2,(H,28,33)(H,29,30)(H,31,32). The molecule has 1 aliphatic rings. The Kier molecular flexibility index (Phi) is 7.82. The van der Waals surface area contributed by atoms with Crippen molar-refractivity contribution in [3.8, 4) is 11.1 Å². The minimum Gasteiger partial charge on any atom is -0.475 e. The molecule has 2 aromatic carbocycles. The van der Waals surface area contributed by atoms with Gasteiger partial charge in [-0.1, -0.05) is 55.0 Å². The number of carbonyl (C=O) groups excluding carboxylic acids is 2. The van der Waals surface area contributed by atoms with Crippen LogP contribution in [0.2, 0.25) is 0 Å². The largest absolute Gasteiger partial charge is 0.475 e. The van der Waals surface area contributed by atoms with E-state index in [4.69, 9.17) is 14.3 Å². The Labute approximate surface area is 203 Å². The summed E-state index contributed by atoms with van der Waals surface area (Å²) in [4.78, 5) is 34.9. The average Bonchev–Trinajstić information content (AvgIpc) is 3.47. The molecule has 2 amide bonds. The smallest absolute Gasteiger partial charge is 0.407 e. The summed E-state index contributed by atoms with van der Waals surface area (Å²) in [5, 5.41) is 14.3. The zero-order chi connectivity index (χ0) is 24.6. The third kappa shape index (κ3) is 6.09. The minimum atomic E-state index is -1.14. The lowest BCUT2D eigenvalue weighted by atomic mass is 9.98. The number of benzene rings is 2. The van der Waals surface area contributed by atoms with Crippen LogP contribution in [0, 0.1) is 0 Å². The first kappa shape index (κ1) is 24.1. The highest BCUT2D eigenvalue weighted by Gasteiger charge is 2.28. The molecule has 1 aromatic heterocycles. The predicted octanol–water partition coefficient (Wildman–Crippen LogP) is 4.69. The first-order valence-corrected chi connectivity index (χ1v) is 11.7. The number of hydrogen-bond donors (Lipinski definition) is 3. The second-order valence-electron chi connectivity index (χ2n) is 8.41. The van der Waals surface area contributed by atoms with Gasteiger partial charge in [0.2, 0.25) is 11.7 Å². The number of carbonyl (C=O) groups is 3. The van der Waals surface area contributed by atoms with Crippen molar-refractivity contribution in [2.75, 3.05) is 13.2 Å². The maximum Gasteiger partial charge on any atom is 0.407 e. The molecule has 35 heavy (non-hydrogen) atoms. The predicted molar refractivity (Wildman–Crippen MR) is 129 cm³/mol. The number of carboxylic acids is 1. The van der Waals surface area contributed by atoms with E-state index in [1.54, 1.807) is 0 Å². The van der Waals surface area contributed by atoms with Crippen LogP contribution in [0.4, 0.5) is 4.79 Å². The Morgan fingerprint density at radius 2 is 1.54 bits per heavy atom. The first-order chi connectivity index (χ1) is 17.0. The molecule has 1 aliphatic carbocycles. The Morgan fingerprint density at radius 3 is 2.20 bits per heavy atom. The average molecular weight is 477 g/mol. The second-order valence-corrected chi connectivity index (χ2v) is 8.41. The summed E-state index contributed by atoms with van der Waals surface area (Å²) in [6.07, 6.45) is 2.09. The van der Waals surface area contributed by atoms with Crippen LogP contribution in [0.25, 0.3) is 11.1 Å². The zero-order valence-electron chi connectivity index (χ0n) is 19.3. The molecule has 0 fully saturated rings. The molecule has 3 N–H and O–H groups in total. The number of furan rings is 1. The molecule has 0 atom stereocenters. The zero-order valence-corrected chi connectivity index (χ0v) is 19.3. The quantitative estimate of drug-likeness (QED) is 0.346. The molecule has 0 bridgehead atoms. The molecule has 8 nitrogen and oxygen atoms in total. The van der Waals surface area contributed by atoms with Gasteiger partial charge >= 0.3 is 12.1 Å². The number of nitrogens with one attached hydrogen (secondary N) is 2. The van der Waals surface area contributed by atoms with Gasteiger partial charge in [-0.2, -0.15) is 0 Å². The number of unbranched alkanes of at least 4 members (excludes halogenated alkanes) is 2. The van der Waals surface area contributed by atoms with Crippen LogP contribution < -0.4 is 10.6 Å². The van der Waals surface area contributed by atoms with Crippen molar-refractivity contribution in [2.24, 2.45) is 0 Å². The van der Waals surface area contributed by atoms with Gasteiger partial charge in [-0.25, -0.2) is 9.59 Å². The van der Waals surface area contributed by atoms with Gasteiger partial charge in [0.05, 0.1) is 6.54 Å². The van der Waals surface area contributed by atoms with Gasteiger partial charge in [0.25, 0.3) is 0 Å². The van der Waals surface area contributed by atoms with Crippen molar-refractivity contribution in [1.82, 2.24) is 10.6 Å². The summed E-state index contributed by atoms with van der Waals surface area (Å²) in [6.45, 7) is 0.905. The van der Waals surface area contributed by atoms with E-state index >= 15 is 0 Å².